The fourth-order valence-corrected chi connectivity index (χ4v) is 4.04. The summed E-state index contributed by atoms with van der Waals surface area (Å²) in [5.41, 5.74) is 6.55. The van der Waals surface area contributed by atoms with E-state index in [0.29, 0.717) is 27.5 Å². The fourth-order valence-electron chi connectivity index (χ4n) is 2.41. The maximum absolute atomic E-state index is 12.4. The van der Waals surface area contributed by atoms with Gasteiger partial charge in [0.25, 0.3) is 0 Å². The van der Waals surface area contributed by atoms with Gasteiger partial charge in [0, 0.05) is 29.8 Å². The second kappa shape index (κ2) is 7.09. The molecule has 0 aromatic heterocycles. The highest BCUT2D eigenvalue weighted by atomic mass is 35.5. The molecule has 2 rings (SSSR count). The van der Waals surface area contributed by atoms with Gasteiger partial charge in [-0.2, -0.15) is 11.8 Å². The van der Waals surface area contributed by atoms with E-state index in [9.17, 15) is 4.79 Å². The van der Waals surface area contributed by atoms with Crippen LogP contribution in [0, 0.1) is 0 Å². The van der Waals surface area contributed by atoms with Gasteiger partial charge in [-0.1, -0.05) is 23.2 Å². The maximum atomic E-state index is 12.4. The van der Waals surface area contributed by atoms with Crippen molar-refractivity contribution in [3.05, 3.63) is 22.2 Å². The quantitative estimate of drug-likeness (QED) is 0.823. The minimum absolute atomic E-state index is 0.109. The van der Waals surface area contributed by atoms with Crippen LogP contribution in [0.1, 0.15) is 13.8 Å². The maximum Gasteiger partial charge on any atom is 0.241 e. The number of hydrogen-bond donors (Lipinski definition) is 2. The van der Waals surface area contributed by atoms with Gasteiger partial charge in [-0.15, -0.1) is 0 Å². The molecule has 1 heterocycles. The van der Waals surface area contributed by atoms with E-state index in [1.54, 1.807) is 12.1 Å². The second-order valence-electron chi connectivity index (χ2n) is 5.19. The number of carbonyl (C=O) groups is 1. The summed E-state index contributed by atoms with van der Waals surface area (Å²) >= 11 is 14.1. The van der Waals surface area contributed by atoms with Gasteiger partial charge in [-0.05, 0) is 26.0 Å². The molecule has 0 bridgehead atoms. The first-order chi connectivity index (χ1) is 9.90. The number of anilines is 2. The lowest BCUT2D eigenvalue weighted by atomic mass is 10.2. The van der Waals surface area contributed by atoms with E-state index in [2.05, 4.69) is 17.1 Å². The fraction of sp³-hybridized carbons (Fsp3) is 0.500. The van der Waals surface area contributed by atoms with Crippen LogP contribution >= 0.6 is 35.0 Å². The van der Waals surface area contributed by atoms with Crippen LogP contribution in [-0.2, 0) is 4.79 Å². The van der Waals surface area contributed by atoms with Crippen LogP contribution in [0.25, 0.3) is 0 Å². The minimum atomic E-state index is -0.231. The summed E-state index contributed by atoms with van der Waals surface area (Å²) in [6, 6.07) is 3.30. The molecule has 7 heteroatoms. The molecule has 1 aromatic carbocycles. The zero-order valence-corrected chi connectivity index (χ0v) is 14.4. The van der Waals surface area contributed by atoms with Crippen molar-refractivity contribution < 1.29 is 4.79 Å². The van der Waals surface area contributed by atoms with Crippen LogP contribution in [0.2, 0.25) is 10.0 Å². The first-order valence-corrected chi connectivity index (χ1v) is 8.70. The van der Waals surface area contributed by atoms with E-state index >= 15 is 0 Å². The Bertz CT molecular complexity index is 518. The summed E-state index contributed by atoms with van der Waals surface area (Å²) in [6.45, 7) is 4.95. The third-order valence-corrected chi connectivity index (χ3v) is 5.39. The molecule has 0 radical (unpaired) electrons. The van der Waals surface area contributed by atoms with Crippen molar-refractivity contribution in [2.45, 2.75) is 25.9 Å². The molecule has 2 unspecified atom stereocenters. The average molecular weight is 348 g/mol. The summed E-state index contributed by atoms with van der Waals surface area (Å²) in [4.78, 5) is 14.6. The molecule has 1 saturated heterocycles. The molecular formula is C14H19Cl2N3OS. The van der Waals surface area contributed by atoms with Gasteiger partial charge in [0.05, 0.1) is 21.8 Å². The van der Waals surface area contributed by atoms with Gasteiger partial charge in [0.2, 0.25) is 5.91 Å². The minimum Gasteiger partial charge on any atom is -0.399 e. The summed E-state index contributed by atoms with van der Waals surface area (Å²) in [5.74, 6) is 1.98. The highest BCUT2D eigenvalue weighted by molar-refractivity contribution is 7.99. The van der Waals surface area contributed by atoms with Crippen molar-refractivity contribution in [3.8, 4) is 0 Å². The lowest BCUT2D eigenvalue weighted by molar-refractivity contribution is -0.121. The molecule has 1 amide bonds. The monoisotopic (exact) mass is 347 g/mol. The third-order valence-electron chi connectivity index (χ3n) is 3.61. The molecule has 3 N–H and O–H groups in total. The number of halogens is 2. The van der Waals surface area contributed by atoms with E-state index in [0.717, 1.165) is 18.1 Å². The number of nitrogens with one attached hydrogen (secondary N) is 1. The SMILES string of the molecule is CC1CSCCN1C(C)C(=O)Nc1c(Cl)cc(N)cc1Cl. The zero-order chi connectivity index (χ0) is 15.6. The largest absolute Gasteiger partial charge is 0.399 e. The van der Waals surface area contributed by atoms with Gasteiger partial charge in [0.1, 0.15) is 0 Å². The number of thioether (sulfide) groups is 1. The van der Waals surface area contributed by atoms with E-state index in [1.807, 2.05) is 18.7 Å². The molecule has 21 heavy (non-hydrogen) atoms. The first-order valence-electron chi connectivity index (χ1n) is 6.79. The number of rotatable bonds is 3. The number of amides is 1. The lowest BCUT2D eigenvalue weighted by Crippen LogP contribution is -2.50. The highest BCUT2D eigenvalue weighted by Gasteiger charge is 2.28. The molecule has 0 spiro atoms. The zero-order valence-electron chi connectivity index (χ0n) is 12.0. The molecular weight excluding hydrogens is 329 g/mol. The standard InChI is InChI=1S/C14H19Cl2N3OS/c1-8-7-21-4-3-19(8)9(2)14(20)18-13-11(15)5-10(17)6-12(13)16/h5-6,8-9H,3-4,7,17H2,1-2H3,(H,18,20). The van der Waals surface area contributed by atoms with Crippen molar-refractivity contribution in [1.29, 1.82) is 0 Å². The Morgan fingerprint density at radius 2 is 2.10 bits per heavy atom. The Morgan fingerprint density at radius 1 is 1.48 bits per heavy atom. The van der Waals surface area contributed by atoms with Gasteiger partial charge in [-0.25, -0.2) is 0 Å². The van der Waals surface area contributed by atoms with Crippen molar-refractivity contribution in [1.82, 2.24) is 4.90 Å². The number of hydrogen-bond acceptors (Lipinski definition) is 4. The van der Waals surface area contributed by atoms with Crippen molar-refractivity contribution in [2.24, 2.45) is 0 Å². The molecule has 4 nitrogen and oxygen atoms in total. The molecule has 1 aromatic rings. The van der Waals surface area contributed by atoms with Crippen LogP contribution in [0.15, 0.2) is 12.1 Å². The van der Waals surface area contributed by atoms with E-state index in [4.69, 9.17) is 28.9 Å². The van der Waals surface area contributed by atoms with Crippen LogP contribution in [0.3, 0.4) is 0 Å². The Kier molecular flexibility index (Phi) is 5.66. The molecule has 0 saturated carbocycles. The number of benzene rings is 1. The Labute approximate surface area is 139 Å². The molecule has 0 aliphatic carbocycles. The number of nitrogens with two attached hydrogens (primary N) is 1. The summed E-state index contributed by atoms with van der Waals surface area (Å²) in [6.07, 6.45) is 0. The summed E-state index contributed by atoms with van der Waals surface area (Å²) in [5, 5.41) is 3.52. The first kappa shape index (κ1) is 16.7. The predicted octanol–water partition coefficient (Wildman–Crippen LogP) is 3.34. The van der Waals surface area contributed by atoms with E-state index in [1.165, 1.54) is 0 Å². The summed E-state index contributed by atoms with van der Waals surface area (Å²) < 4.78 is 0. The number of nitrogens with zero attached hydrogens (tertiary/aromatic N) is 1. The lowest BCUT2D eigenvalue weighted by Gasteiger charge is -2.36. The van der Waals surface area contributed by atoms with Crippen LogP contribution < -0.4 is 11.1 Å². The smallest absolute Gasteiger partial charge is 0.241 e. The van der Waals surface area contributed by atoms with Crippen molar-refractivity contribution in [3.63, 3.8) is 0 Å². The summed E-state index contributed by atoms with van der Waals surface area (Å²) in [7, 11) is 0. The molecule has 1 aliphatic rings. The van der Waals surface area contributed by atoms with Crippen molar-refractivity contribution in [2.75, 3.05) is 29.1 Å². The Balaban J connectivity index is 2.10. The Hall–Kier alpha value is -0.620. The van der Waals surface area contributed by atoms with Gasteiger partial charge < -0.3 is 11.1 Å². The average Bonchev–Trinajstić information content (AvgIpc) is 2.42. The predicted molar refractivity (Wildman–Crippen MR) is 92.5 cm³/mol. The molecule has 2 atom stereocenters. The van der Waals surface area contributed by atoms with Crippen LogP contribution in [-0.4, -0.2) is 40.9 Å². The molecule has 116 valence electrons. The van der Waals surface area contributed by atoms with Gasteiger partial charge in [-0.3, -0.25) is 9.69 Å². The van der Waals surface area contributed by atoms with Gasteiger partial charge in [0.15, 0.2) is 0 Å². The molecule has 1 fully saturated rings. The molecule has 1 aliphatic heterocycles. The number of carbonyl (C=O) groups excluding carboxylic acids is 1. The van der Waals surface area contributed by atoms with Gasteiger partial charge >= 0.3 is 0 Å². The highest BCUT2D eigenvalue weighted by Crippen LogP contribution is 2.33. The Morgan fingerprint density at radius 3 is 2.67 bits per heavy atom. The van der Waals surface area contributed by atoms with E-state index < -0.39 is 0 Å². The number of nitrogen functional groups attached to an aromatic ring is 1. The van der Waals surface area contributed by atoms with Crippen LogP contribution in [0.5, 0.6) is 0 Å². The second-order valence-corrected chi connectivity index (χ2v) is 7.15. The van der Waals surface area contributed by atoms with Crippen molar-refractivity contribution >= 4 is 52.2 Å². The topological polar surface area (TPSA) is 58.4 Å². The third kappa shape index (κ3) is 3.97. The normalized spacial score (nSPS) is 21.0. The van der Waals surface area contributed by atoms with Crippen LogP contribution in [0.4, 0.5) is 11.4 Å². The van der Waals surface area contributed by atoms with E-state index in [-0.39, 0.29) is 11.9 Å².